The van der Waals surface area contributed by atoms with Crippen LogP contribution in [0.15, 0.2) is 33.7 Å². The lowest BCUT2D eigenvalue weighted by atomic mass is 9.91. The molecule has 1 aromatic carbocycles. The van der Waals surface area contributed by atoms with Crippen LogP contribution >= 0.6 is 0 Å². The first-order chi connectivity index (χ1) is 9.21. The van der Waals surface area contributed by atoms with E-state index in [9.17, 15) is 13.7 Å². The Bertz CT molecular complexity index is 735. The highest BCUT2D eigenvalue weighted by atomic mass is 32.2. The van der Waals surface area contributed by atoms with Gasteiger partial charge in [0, 0.05) is 11.5 Å². The first-order valence-corrected chi connectivity index (χ1v) is 7.55. The van der Waals surface area contributed by atoms with Crippen LogP contribution in [-0.2, 0) is 9.84 Å². The van der Waals surface area contributed by atoms with Crippen molar-refractivity contribution in [3.63, 3.8) is 0 Å². The predicted molar refractivity (Wildman–Crippen MR) is 75.9 cm³/mol. The second-order valence-electron chi connectivity index (χ2n) is 5.56. The normalized spacial score (nSPS) is 16.9. The number of nitrogens with one attached hydrogen (secondary N) is 1. The molecule has 20 heavy (non-hydrogen) atoms. The summed E-state index contributed by atoms with van der Waals surface area (Å²) in [4.78, 5) is -0.160. The number of ether oxygens (including phenoxy) is 1. The van der Waals surface area contributed by atoms with Crippen LogP contribution in [0.5, 0.6) is 5.75 Å². The minimum atomic E-state index is -3.82. The summed E-state index contributed by atoms with van der Waals surface area (Å²) in [5, 5.41) is 12.3. The van der Waals surface area contributed by atoms with E-state index >= 15 is 0 Å². The molecule has 5 nitrogen and oxygen atoms in total. The number of anilines is 1. The van der Waals surface area contributed by atoms with E-state index in [1.807, 2.05) is 26.8 Å². The number of hydrogen-bond acceptors (Lipinski definition) is 5. The largest absolute Gasteiger partial charge is 0.497 e. The average Bonchev–Trinajstić information content (AvgIpc) is 2.36. The molecular formula is C14H16N2O3S. The fourth-order valence-corrected chi connectivity index (χ4v) is 3.68. The molecule has 1 aliphatic rings. The Hall–Kier alpha value is -2.00. The molecule has 0 unspecified atom stereocenters. The molecule has 1 heterocycles. The summed E-state index contributed by atoms with van der Waals surface area (Å²) in [6.45, 7) is 5.57. The second kappa shape index (κ2) is 4.53. The van der Waals surface area contributed by atoms with E-state index in [0.717, 1.165) is 0 Å². The highest BCUT2D eigenvalue weighted by molar-refractivity contribution is 7.95. The third-order valence-electron chi connectivity index (χ3n) is 3.09. The van der Waals surface area contributed by atoms with Crippen LogP contribution in [0.2, 0.25) is 0 Å². The summed E-state index contributed by atoms with van der Waals surface area (Å²) in [6.07, 6.45) is 0. The summed E-state index contributed by atoms with van der Waals surface area (Å²) in [5.41, 5.74) is 0.405. The van der Waals surface area contributed by atoms with E-state index in [1.54, 1.807) is 12.1 Å². The highest BCUT2D eigenvalue weighted by Crippen LogP contribution is 2.41. The van der Waals surface area contributed by atoms with Gasteiger partial charge < -0.3 is 10.1 Å². The number of nitrogens with zero attached hydrogens (tertiary/aromatic N) is 1. The maximum Gasteiger partial charge on any atom is 0.220 e. The molecule has 1 N–H and O–H groups in total. The van der Waals surface area contributed by atoms with Crippen molar-refractivity contribution < 1.29 is 13.2 Å². The van der Waals surface area contributed by atoms with Crippen molar-refractivity contribution in [1.82, 2.24) is 0 Å². The first kappa shape index (κ1) is 14.4. The van der Waals surface area contributed by atoms with Crippen LogP contribution in [0.4, 0.5) is 5.69 Å². The van der Waals surface area contributed by atoms with Gasteiger partial charge in [-0.15, -0.1) is 0 Å². The summed E-state index contributed by atoms with van der Waals surface area (Å²) in [6, 6.07) is 6.57. The van der Waals surface area contributed by atoms with E-state index < -0.39 is 15.3 Å². The zero-order valence-electron chi connectivity index (χ0n) is 11.8. The standard InChI is InChI=1S/C14H16N2O3S/c1-14(2,3)13-12(8-15)20(17,18)11-7-9(19-4)5-6-10(11)16-13/h5-7,16H,1-4H3. The molecule has 0 aromatic heterocycles. The molecule has 1 aromatic rings. The number of allylic oxidation sites excluding steroid dienone is 2. The van der Waals surface area contributed by atoms with Crippen molar-refractivity contribution in [2.45, 2.75) is 25.7 Å². The number of hydrogen-bond donors (Lipinski definition) is 1. The van der Waals surface area contributed by atoms with Crippen molar-refractivity contribution in [3.8, 4) is 11.8 Å². The van der Waals surface area contributed by atoms with Crippen molar-refractivity contribution in [3.05, 3.63) is 28.8 Å². The quantitative estimate of drug-likeness (QED) is 0.860. The van der Waals surface area contributed by atoms with Gasteiger partial charge in [-0.05, 0) is 12.1 Å². The number of sulfone groups is 1. The van der Waals surface area contributed by atoms with Gasteiger partial charge in [0.15, 0.2) is 4.91 Å². The summed E-state index contributed by atoms with van der Waals surface area (Å²) >= 11 is 0. The fourth-order valence-electron chi connectivity index (χ4n) is 2.04. The van der Waals surface area contributed by atoms with Gasteiger partial charge in [-0.3, -0.25) is 0 Å². The Labute approximate surface area is 118 Å². The molecule has 0 aliphatic carbocycles. The molecule has 0 saturated heterocycles. The number of benzene rings is 1. The molecule has 0 radical (unpaired) electrons. The predicted octanol–water partition coefficient (Wildman–Crippen LogP) is 2.68. The Morgan fingerprint density at radius 2 is 1.95 bits per heavy atom. The van der Waals surface area contributed by atoms with E-state index in [4.69, 9.17) is 4.74 Å². The van der Waals surface area contributed by atoms with Gasteiger partial charge in [0.25, 0.3) is 0 Å². The lowest BCUT2D eigenvalue weighted by Gasteiger charge is -2.30. The topological polar surface area (TPSA) is 79.2 Å². The fraction of sp³-hybridized carbons (Fsp3) is 0.357. The van der Waals surface area contributed by atoms with Crippen molar-refractivity contribution in [2.75, 3.05) is 12.4 Å². The van der Waals surface area contributed by atoms with Crippen LogP contribution < -0.4 is 10.1 Å². The first-order valence-electron chi connectivity index (χ1n) is 6.07. The summed E-state index contributed by atoms with van der Waals surface area (Å²) < 4.78 is 30.2. The lowest BCUT2D eigenvalue weighted by molar-refractivity contribution is 0.413. The maximum absolute atomic E-state index is 12.6. The zero-order chi connectivity index (χ0) is 15.1. The lowest BCUT2D eigenvalue weighted by Crippen LogP contribution is -2.26. The van der Waals surface area contributed by atoms with Crippen LogP contribution in [0.1, 0.15) is 20.8 Å². The molecule has 0 bridgehead atoms. The Balaban J connectivity index is 2.76. The molecule has 0 saturated carbocycles. The molecule has 0 atom stereocenters. The molecule has 0 spiro atoms. The summed E-state index contributed by atoms with van der Waals surface area (Å²) in [7, 11) is -2.36. The Morgan fingerprint density at radius 3 is 2.45 bits per heavy atom. The van der Waals surface area contributed by atoms with Crippen molar-refractivity contribution in [2.24, 2.45) is 5.41 Å². The van der Waals surface area contributed by atoms with Crippen LogP contribution in [0.25, 0.3) is 0 Å². The number of nitriles is 1. The molecule has 0 amide bonds. The third-order valence-corrected chi connectivity index (χ3v) is 4.83. The molecule has 0 fully saturated rings. The second-order valence-corrected chi connectivity index (χ2v) is 7.41. The number of fused-ring (bicyclic) bond motifs is 1. The monoisotopic (exact) mass is 292 g/mol. The maximum atomic E-state index is 12.6. The zero-order valence-corrected chi connectivity index (χ0v) is 12.6. The van der Waals surface area contributed by atoms with E-state index in [1.165, 1.54) is 13.2 Å². The minimum Gasteiger partial charge on any atom is -0.497 e. The summed E-state index contributed by atoms with van der Waals surface area (Å²) in [5.74, 6) is 0.436. The third kappa shape index (κ3) is 2.14. The van der Waals surface area contributed by atoms with Crippen LogP contribution in [0, 0.1) is 16.7 Å². The average molecular weight is 292 g/mol. The number of rotatable bonds is 1. The SMILES string of the molecule is COc1ccc2c(c1)S(=O)(=O)C(C#N)=C(C(C)(C)C)N2. The van der Waals surface area contributed by atoms with Crippen molar-refractivity contribution >= 4 is 15.5 Å². The molecule has 6 heteroatoms. The van der Waals surface area contributed by atoms with Crippen LogP contribution in [0.3, 0.4) is 0 Å². The minimum absolute atomic E-state index is 0.0707. The Morgan fingerprint density at radius 1 is 1.30 bits per heavy atom. The van der Waals surface area contributed by atoms with Gasteiger partial charge in [-0.25, -0.2) is 8.42 Å². The van der Waals surface area contributed by atoms with E-state index in [0.29, 0.717) is 17.1 Å². The molecule has 1 aliphatic heterocycles. The highest BCUT2D eigenvalue weighted by Gasteiger charge is 2.36. The van der Waals surface area contributed by atoms with Gasteiger partial charge in [0.2, 0.25) is 9.84 Å². The molecule has 2 rings (SSSR count). The van der Waals surface area contributed by atoms with E-state index in [-0.39, 0.29) is 9.80 Å². The molecular weight excluding hydrogens is 276 g/mol. The van der Waals surface area contributed by atoms with Gasteiger partial charge in [-0.2, -0.15) is 5.26 Å². The smallest absolute Gasteiger partial charge is 0.220 e. The number of methoxy groups -OCH3 is 1. The van der Waals surface area contributed by atoms with Gasteiger partial charge in [-0.1, -0.05) is 20.8 Å². The van der Waals surface area contributed by atoms with E-state index in [2.05, 4.69) is 5.32 Å². The van der Waals surface area contributed by atoms with Crippen LogP contribution in [-0.4, -0.2) is 15.5 Å². The Kier molecular flexibility index (Phi) is 3.26. The van der Waals surface area contributed by atoms with Gasteiger partial charge in [0.05, 0.1) is 23.4 Å². The van der Waals surface area contributed by atoms with Crippen molar-refractivity contribution in [1.29, 1.82) is 5.26 Å². The van der Waals surface area contributed by atoms with Gasteiger partial charge in [0.1, 0.15) is 11.8 Å². The molecule has 106 valence electrons. The van der Waals surface area contributed by atoms with Gasteiger partial charge >= 0.3 is 0 Å².